The van der Waals surface area contributed by atoms with Crippen LogP contribution in [0.15, 0.2) is 77.0 Å². The number of rotatable bonds is 20. The van der Waals surface area contributed by atoms with E-state index in [0.717, 1.165) is 12.8 Å². The number of nitrogen functional groups attached to an aromatic ring is 3. The first-order valence-electron chi connectivity index (χ1n) is 46.4. The maximum absolute atomic E-state index is 12.3. The zero-order chi connectivity index (χ0) is 107. The number of nitrogens with zero attached hydrogens (tertiary/aromatic N) is 27. The van der Waals surface area contributed by atoms with Crippen molar-refractivity contribution >= 4 is 139 Å². The van der Waals surface area contributed by atoms with Gasteiger partial charge >= 0.3 is 29.6 Å². The van der Waals surface area contributed by atoms with Gasteiger partial charge in [0.2, 0.25) is 53.4 Å². The quantitative estimate of drug-likeness (QED) is 0.0114. The maximum atomic E-state index is 12.3. The summed E-state index contributed by atoms with van der Waals surface area (Å²) in [4.78, 5) is 178. The van der Waals surface area contributed by atoms with Crippen molar-refractivity contribution in [1.82, 2.24) is 117 Å². The number of nitrogens with one attached hydrogen (secondary N) is 9. The number of aliphatic hydroxyl groups is 6. The number of anilines is 6. The Bertz CT molecular complexity index is 7240. The van der Waals surface area contributed by atoms with Gasteiger partial charge in [-0.3, -0.25) is 121 Å². The van der Waals surface area contributed by atoms with E-state index in [4.69, 9.17) is 103 Å². The van der Waals surface area contributed by atoms with E-state index in [0.29, 0.717) is 34.8 Å². The molecule has 0 unspecified atom stereocenters. The molecule has 0 aromatic carbocycles. The fourth-order valence-electron chi connectivity index (χ4n) is 16.2. The molecule has 0 spiro atoms. The van der Waals surface area contributed by atoms with Crippen molar-refractivity contribution < 1.29 is 117 Å². The molecule has 3 amide bonds. The Morgan fingerprint density at radius 2 is 0.655 bits per heavy atom. The minimum Gasteiger partial charge on any atom is -0.394 e. The van der Waals surface area contributed by atoms with E-state index in [1.54, 1.807) is 61.6 Å². The summed E-state index contributed by atoms with van der Waals surface area (Å²) in [6.07, 6.45) is 0.442. The molecule has 0 aliphatic carbocycles. The van der Waals surface area contributed by atoms with Gasteiger partial charge in [-0.25, -0.2) is 29.9 Å². The number of hydrogen-bond acceptors (Lipinski definition) is 41. The summed E-state index contributed by atoms with van der Waals surface area (Å²) in [5, 5.41) is 74.0. The SMILES string of the molecule is CC(C)(C)[Si](C)(C)Cl.CC[C@H]1O[C@@H](n2cnc3c(=O)[nH]c(N)nc32)[C@H]2O[C@H]21.CC[C@H]1O[C@@H](n2cnc3c(=O)[nH]c(NC(=O)C(C)C)nc32)[C@@H](O)[C@@H]1N=[N+]=[N-].CC[C@H]1O[C@@H](n2cnc3c(=O)[nH]c(NC(=O)C(C)C)nc32)[C@H](N=[N+]=[N-])[C@H]1O.CC[C@H]1O[C@@H](n2cnc3c(=O)[nH]c(NC(=O)C(C)C)nc32)[C@H]2O[C@H]21.Nc1nc2c(ncn2[C@@H]2O[C@H](CO)[C@@H](O)[C@@H]2O)c(=O)[nH]1.Nc1nc2c(ncn2[C@@H]2O[C@H](CO)[C@@H]3O[C@@H]32)c(=O)[nH]1.[N-]=[N+]=[N-].[Na+]. The summed E-state index contributed by atoms with van der Waals surface area (Å²) in [5.41, 5.74) is 47.2. The van der Waals surface area contributed by atoms with Gasteiger partial charge in [0.15, 0.2) is 106 Å². The Balaban J connectivity index is 0.000000146. The number of aromatic amines is 6. The van der Waals surface area contributed by atoms with Crippen molar-refractivity contribution in [1.29, 1.82) is 0 Å². The summed E-state index contributed by atoms with van der Waals surface area (Å²) in [5.74, 6) is -1.64. The second-order valence-electron chi connectivity index (χ2n) is 37.2. The van der Waals surface area contributed by atoms with E-state index < -0.39 is 122 Å². The van der Waals surface area contributed by atoms with Crippen LogP contribution in [-0.4, -0.2) is 296 Å². The van der Waals surface area contributed by atoms with Crippen molar-refractivity contribution in [2.24, 2.45) is 28.0 Å². The molecular formula is C82H111ClN39NaO24Si. The van der Waals surface area contributed by atoms with Crippen LogP contribution in [0.3, 0.4) is 0 Å². The average Bonchev–Trinajstić information content (AvgIpc) is 1.57. The van der Waals surface area contributed by atoms with E-state index in [2.05, 4.69) is 167 Å². The summed E-state index contributed by atoms with van der Waals surface area (Å²) >= 11 is 6.15. The number of H-pyrrole nitrogens is 6. The van der Waals surface area contributed by atoms with Gasteiger partial charge in [-0.2, -0.15) is 41.0 Å². The van der Waals surface area contributed by atoms with Crippen LogP contribution in [0, 0.1) is 17.8 Å². The van der Waals surface area contributed by atoms with E-state index in [-0.39, 0.29) is 230 Å². The van der Waals surface area contributed by atoms with Crippen molar-refractivity contribution in [2.45, 2.75) is 281 Å². The Morgan fingerprint density at radius 1 is 0.399 bits per heavy atom. The first-order valence-corrected chi connectivity index (χ1v) is 50.4. The van der Waals surface area contributed by atoms with E-state index in [1.807, 2.05) is 20.8 Å². The average molecular weight is 2110 g/mol. The van der Waals surface area contributed by atoms with Gasteiger partial charge in [0, 0.05) is 27.6 Å². The minimum atomic E-state index is -1.39. The van der Waals surface area contributed by atoms with E-state index in [1.165, 1.54) is 50.2 Å². The van der Waals surface area contributed by atoms with Crippen LogP contribution in [0.5, 0.6) is 0 Å². The van der Waals surface area contributed by atoms with Gasteiger partial charge in [-0.05, 0) is 41.8 Å². The molecule has 9 aliphatic rings. The number of ether oxygens (including phenoxy) is 9. The number of azide groups is 2. The van der Waals surface area contributed by atoms with Crippen molar-refractivity contribution in [2.75, 3.05) is 46.4 Å². The smallest absolute Gasteiger partial charge is 0.394 e. The van der Waals surface area contributed by atoms with Crippen molar-refractivity contribution in [3.63, 3.8) is 0 Å². The third kappa shape index (κ3) is 23.4. The molecule has 0 saturated carbocycles. The largest absolute Gasteiger partial charge is 1.00 e. The number of halogens is 1. The maximum Gasteiger partial charge on any atom is 1.00 e. The molecule has 9 fully saturated rings. The molecule has 790 valence electrons. The van der Waals surface area contributed by atoms with Crippen LogP contribution in [0.1, 0.15) is 153 Å². The normalized spacial score (nSPS) is 27.0. The van der Waals surface area contributed by atoms with Crippen LogP contribution in [0.2, 0.25) is 18.1 Å². The number of aliphatic hydroxyl groups excluding tert-OH is 6. The number of fused-ring (bicyclic) bond motifs is 9. The van der Waals surface area contributed by atoms with Crippen molar-refractivity contribution in [3.8, 4) is 0 Å². The second kappa shape index (κ2) is 46.2. The standard InChI is InChI=1S/2C15H20N8O4.C15H19N5O4.C11H13N5O3.C10H13N5O5.C10H11N5O4.C6H15ClSi.N3.Na/c1-4-7-10(24)8(21-22-16)14(27-7)23-5-17-9-11(23)18-15(20-13(9)26)19-12(25)6(2)3;1-4-7-8(21-22-16)10(24)14(27-7)23-5-17-9-11(23)18-15(20-13(9)26)19-12(25)6(2)3;1-4-7-9-10(24-9)14(23-7)20-5-16-8-11(20)17-15(19-13(8)22)18-12(21)6(2)3;1-2-4-6-7(19-6)10(18-4)16-3-13-5-8(16)14-11(12)15-9(5)17;11-10-13-7-4(8(19)14-10)12-2-15(7)9-6(18)5(17)3(1-16)20-9;11-10-13-7-4(8(17)14-10)12-2-15(7)9-6-5(19-6)3(1-16)18-9;1-6(2,3)8(4,5)7;1-3-2;/h2*5-8,10,14,24H,4H2,1-3H3,(H2,18,19,20,25,26);5-7,9-10,14H,4H2,1-3H3,(H2,17,18,19,21,22);3-4,6-7,10H,2H2,1H3,(H3,12,14,15,17);2-3,5-6,9,16-18H,1H2,(H3,11,13,14,19);2-3,5-6,9,16H,1H2,(H3,11,13,14,17);1-5H3;;/q;;;;;;;-1;+1/t2*7-,8-,10+,14-;7-,9+,10+,14-;4-,6+,7+,10-;3-,5-,6+,9-;3-,5+,6+,9-;;;/m111111.../s1. The molecule has 24 atom stereocenters. The van der Waals surface area contributed by atoms with Crippen LogP contribution < -0.4 is 96.1 Å². The van der Waals surface area contributed by atoms with Gasteiger partial charge in [0.05, 0.1) is 87.7 Å². The number of hydrogen-bond donors (Lipinski definition) is 18. The fourth-order valence-corrected chi connectivity index (χ4v) is 16.2. The summed E-state index contributed by atoms with van der Waals surface area (Å²) < 4.78 is 60.3. The molecule has 9 saturated heterocycles. The molecule has 21 rings (SSSR count). The van der Waals surface area contributed by atoms with Gasteiger partial charge in [0.25, 0.3) is 33.4 Å². The molecule has 9 aliphatic heterocycles. The molecule has 0 bridgehead atoms. The predicted octanol–water partition coefficient (Wildman–Crippen LogP) is -0.539. The van der Waals surface area contributed by atoms with Crippen molar-refractivity contribution in [3.05, 3.63) is 137 Å². The molecule has 12 aromatic rings. The Hall–Kier alpha value is -13.3. The predicted molar refractivity (Wildman–Crippen MR) is 520 cm³/mol. The molecule has 63 nitrogen and oxygen atoms in total. The first-order chi connectivity index (χ1) is 69.8. The van der Waals surface area contributed by atoms with Crippen LogP contribution >= 0.6 is 11.1 Å². The van der Waals surface area contributed by atoms with Gasteiger partial charge in [-0.1, -0.05) is 113 Å². The number of epoxide rings is 3. The molecule has 21 N–H and O–H groups in total. The number of carbonyl (C=O) groups is 3. The molecule has 0 radical (unpaired) electrons. The zero-order valence-electron chi connectivity index (χ0n) is 82.5. The van der Waals surface area contributed by atoms with Gasteiger partial charge in [-0.15, -0.1) is 0 Å². The molecule has 66 heteroatoms. The monoisotopic (exact) mass is 2110 g/mol. The molecular weight excluding hydrogens is 2000 g/mol. The Kier molecular flexibility index (Phi) is 35.0. The number of carbonyl (C=O) groups excluding carboxylic acids is 3. The van der Waals surface area contributed by atoms with Crippen LogP contribution in [-0.2, 0) is 57.0 Å². The second-order valence-corrected chi connectivity index (χ2v) is 44.5. The molecule has 148 heavy (non-hydrogen) atoms. The third-order valence-electron chi connectivity index (χ3n) is 25.3. The number of imidazole rings is 6. The van der Waals surface area contributed by atoms with E-state index in [9.17, 15) is 63.6 Å². The number of aromatic nitrogens is 24. The summed E-state index contributed by atoms with van der Waals surface area (Å²) in [6.45, 7) is 28.5. The number of amides is 3. The number of nitrogens with two attached hydrogens (primary N) is 3. The Morgan fingerprint density at radius 3 is 0.932 bits per heavy atom. The van der Waals surface area contributed by atoms with E-state index >= 15 is 0 Å². The summed E-state index contributed by atoms with van der Waals surface area (Å²) in [6, 6.07) is -1.68. The first kappa shape index (κ1) is 112. The molecule has 12 aromatic heterocycles. The topological polar surface area (TPSA) is 917 Å². The Labute approximate surface area is 860 Å². The van der Waals surface area contributed by atoms with Crippen LogP contribution in [0.25, 0.3) is 104 Å². The van der Waals surface area contributed by atoms with Gasteiger partial charge in [0.1, 0.15) is 79.4 Å². The molecule has 21 heterocycles. The third-order valence-corrected chi connectivity index (χ3v) is 30.6. The van der Waals surface area contributed by atoms with Gasteiger partial charge < -0.3 is 102 Å². The zero-order valence-corrected chi connectivity index (χ0v) is 86.3. The minimum absolute atomic E-state index is 0. The van der Waals surface area contributed by atoms with Crippen LogP contribution in [0.4, 0.5) is 35.7 Å². The fraction of sp³-hybridized carbons (Fsp3) is 0.598. The summed E-state index contributed by atoms with van der Waals surface area (Å²) in [7, 11) is -1.39.